The van der Waals surface area contributed by atoms with E-state index in [-0.39, 0.29) is 0 Å². The summed E-state index contributed by atoms with van der Waals surface area (Å²) in [4.78, 5) is 0. The second-order valence-corrected chi connectivity index (χ2v) is 3.44. The van der Waals surface area contributed by atoms with Gasteiger partial charge < -0.3 is 10.1 Å². The molecule has 0 aromatic rings. The molecule has 0 aromatic carbocycles. The van der Waals surface area contributed by atoms with E-state index in [2.05, 4.69) is 15.8 Å². The fourth-order valence-electron chi connectivity index (χ4n) is 0.833. The second kappa shape index (κ2) is 3.37. The van der Waals surface area contributed by atoms with Gasteiger partial charge in [-0.3, -0.25) is 5.43 Å². The Morgan fingerprint density at radius 3 is 2.75 bits per heavy atom. The zero-order valence-corrected chi connectivity index (χ0v) is 7.49. The summed E-state index contributed by atoms with van der Waals surface area (Å²) >= 11 is 4.99. The molecular formula is C7H11N3OS. The van der Waals surface area contributed by atoms with Gasteiger partial charge in [-0.15, -0.1) is 0 Å². The molecule has 5 heteroatoms. The van der Waals surface area contributed by atoms with Gasteiger partial charge in [0, 0.05) is 6.04 Å². The number of hydrogen-bond acceptors (Lipinski definition) is 3. The molecule has 66 valence electrons. The molecule has 2 fully saturated rings. The summed E-state index contributed by atoms with van der Waals surface area (Å²) in [6, 6.07) is 0.586. The van der Waals surface area contributed by atoms with E-state index in [0.29, 0.717) is 24.4 Å². The van der Waals surface area contributed by atoms with E-state index in [0.717, 1.165) is 5.71 Å². The van der Waals surface area contributed by atoms with Crippen LogP contribution < -0.4 is 10.7 Å². The molecule has 0 atom stereocenters. The predicted octanol–water partition coefficient (Wildman–Crippen LogP) is -0.000900. The third-order valence-corrected chi connectivity index (χ3v) is 1.97. The van der Waals surface area contributed by atoms with Crippen LogP contribution in [0.4, 0.5) is 0 Å². The number of nitrogens with zero attached hydrogens (tertiary/aromatic N) is 1. The molecule has 2 N–H and O–H groups in total. The Morgan fingerprint density at radius 2 is 2.25 bits per heavy atom. The number of hydrogen-bond donors (Lipinski definition) is 2. The average Bonchev–Trinajstić information content (AvgIpc) is 2.68. The Bertz CT molecular complexity index is 219. The lowest BCUT2D eigenvalue weighted by Gasteiger charge is -2.15. The molecule has 2 aliphatic rings. The van der Waals surface area contributed by atoms with Crippen molar-refractivity contribution in [2.75, 3.05) is 13.2 Å². The van der Waals surface area contributed by atoms with E-state index >= 15 is 0 Å². The highest BCUT2D eigenvalue weighted by Crippen LogP contribution is 2.18. The Hall–Kier alpha value is -0.680. The molecule has 1 aliphatic heterocycles. The van der Waals surface area contributed by atoms with Crippen LogP contribution in [0.3, 0.4) is 0 Å². The Morgan fingerprint density at radius 1 is 1.50 bits per heavy atom. The van der Waals surface area contributed by atoms with Crippen LogP contribution in [-0.2, 0) is 4.74 Å². The normalized spacial score (nSPS) is 21.2. The summed E-state index contributed by atoms with van der Waals surface area (Å²) in [7, 11) is 0. The second-order valence-electron chi connectivity index (χ2n) is 3.03. The monoisotopic (exact) mass is 185 g/mol. The van der Waals surface area contributed by atoms with Crippen molar-refractivity contribution in [2.24, 2.45) is 5.10 Å². The van der Waals surface area contributed by atoms with E-state index < -0.39 is 0 Å². The van der Waals surface area contributed by atoms with Crippen molar-refractivity contribution >= 4 is 23.0 Å². The first-order valence-corrected chi connectivity index (χ1v) is 4.45. The molecule has 1 saturated heterocycles. The zero-order valence-electron chi connectivity index (χ0n) is 6.67. The number of nitrogens with one attached hydrogen (secondary N) is 2. The fourth-order valence-corrected chi connectivity index (χ4v) is 1.05. The number of hydrazone groups is 1. The van der Waals surface area contributed by atoms with Gasteiger partial charge in [0.05, 0.1) is 18.9 Å². The van der Waals surface area contributed by atoms with Crippen LogP contribution in [0.2, 0.25) is 0 Å². The summed E-state index contributed by atoms with van der Waals surface area (Å²) in [6.45, 7) is 1.28. The van der Waals surface area contributed by atoms with Gasteiger partial charge in [0.2, 0.25) is 0 Å². The van der Waals surface area contributed by atoms with Gasteiger partial charge in [-0.1, -0.05) is 0 Å². The first-order valence-electron chi connectivity index (χ1n) is 4.04. The van der Waals surface area contributed by atoms with Crippen molar-refractivity contribution in [3.63, 3.8) is 0 Å². The van der Waals surface area contributed by atoms with Crippen LogP contribution in [0.5, 0.6) is 0 Å². The summed E-state index contributed by atoms with van der Waals surface area (Å²) in [5, 5.41) is 7.80. The first kappa shape index (κ1) is 7.94. The van der Waals surface area contributed by atoms with Gasteiger partial charge in [-0.05, 0) is 25.1 Å². The zero-order chi connectivity index (χ0) is 8.39. The average molecular weight is 185 g/mol. The van der Waals surface area contributed by atoms with Crippen molar-refractivity contribution in [1.29, 1.82) is 0 Å². The maximum atomic E-state index is 4.99. The Kier molecular flexibility index (Phi) is 2.23. The molecule has 0 radical (unpaired) electrons. The van der Waals surface area contributed by atoms with Gasteiger partial charge in [-0.2, -0.15) is 5.10 Å². The highest BCUT2D eigenvalue weighted by molar-refractivity contribution is 7.80. The van der Waals surface area contributed by atoms with Gasteiger partial charge >= 0.3 is 0 Å². The lowest BCUT2D eigenvalue weighted by Crippen LogP contribution is -2.37. The summed E-state index contributed by atoms with van der Waals surface area (Å²) < 4.78 is 4.93. The van der Waals surface area contributed by atoms with Crippen LogP contribution in [0, 0.1) is 0 Å². The molecule has 0 unspecified atom stereocenters. The molecule has 12 heavy (non-hydrogen) atoms. The van der Waals surface area contributed by atoms with Gasteiger partial charge in [-0.25, -0.2) is 0 Å². The minimum Gasteiger partial charge on any atom is -0.369 e. The summed E-state index contributed by atoms with van der Waals surface area (Å²) in [5.41, 5.74) is 3.81. The standard InChI is InChI=1S/C7H11N3OS/c12-7(8-5-1-2-5)10-9-6-3-11-4-6/h5H,1-4H2,(H2,8,10,12). The van der Waals surface area contributed by atoms with E-state index in [9.17, 15) is 0 Å². The van der Waals surface area contributed by atoms with Crippen molar-refractivity contribution in [3.05, 3.63) is 0 Å². The van der Waals surface area contributed by atoms with E-state index in [4.69, 9.17) is 17.0 Å². The van der Waals surface area contributed by atoms with Crippen molar-refractivity contribution in [3.8, 4) is 0 Å². The third-order valence-electron chi connectivity index (χ3n) is 1.77. The molecule has 0 bridgehead atoms. The molecule has 1 saturated carbocycles. The van der Waals surface area contributed by atoms with E-state index in [1.165, 1.54) is 12.8 Å². The molecule has 0 spiro atoms. The smallest absolute Gasteiger partial charge is 0.187 e. The van der Waals surface area contributed by atoms with Gasteiger partial charge in [0.1, 0.15) is 0 Å². The van der Waals surface area contributed by atoms with Crippen LogP contribution >= 0.6 is 12.2 Å². The molecule has 2 rings (SSSR count). The highest BCUT2D eigenvalue weighted by Gasteiger charge is 2.21. The lowest BCUT2D eigenvalue weighted by atomic mass is 10.3. The van der Waals surface area contributed by atoms with E-state index in [1.54, 1.807) is 0 Å². The van der Waals surface area contributed by atoms with Crippen LogP contribution in [0.15, 0.2) is 5.10 Å². The maximum absolute atomic E-state index is 4.99. The van der Waals surface area contributed by atoms with Crippen LogP contribution in [-0.4, -0.2) is 30.1 Å². The Balaban J connectivity index is 1.67. The minimum absolute atomic E-state index is 0.586. The van der Waals surface area contributed by atoms with Crippen molar-refractivity contribution in [1.82, 2.24) is 10.7 Å². The topological polar surface area (TPSA) is 45.7 Å². The third kappa shape index (κ3) is 2.15. The van der Waals surface area contributed by atoms with Crippen molar-refractivity contribution < 1.29 is 4.74 Å². The van der Waals surface area contributed by atoms with Gasteiger partial charge in [0.25, 0.3) is 0 Å². The maximum Gasteiger partial charge on any atom is 0.187 e. The number of thiocarbonyl (C=S) groups is 1. The molecular weight excluding hydrogens is 174 g/mol. The quantitative estimate of drug-likeness (QED) is 0.469. The molecule has 1 heterocycles. The summed E-state index contributed by atoms with van der Waals surface area (Å²) in [6.07, 6.45) is 2.45. The number of rotatable bonds is 2. The van der Waals surface area contributed by atoms with Crippen molar-refractivity contribution in [2.45, 2.75) is 18.9 Å². The SMILES string of the molecule is S=C(NN=C1COC1)NC1CC1. The molecule has 0 amide bonds. The summed E-state index contributed by atoms with van der Waals surface area (Å²) in [5.74, 6) is 0. The fraction of sp³-hybridized carbons (Fsp3) is 0.714. The molecule has 1 aliphatic carbocycles. The Labute approximate surface area is 76.4 Å². The first-order chi connectivity index (χ1) is 5.84. The predicted molar refractivity (Wildman–Crippen MR) is 50.1 cm³/mol. The largest absolute Gasteiger partial charge is 0.369 e. The minimum atomic E-state index is 0.586. The molecule has 0 aromatic heterocycles. The van der Waals surface area contributed by atoms with E-state index in [1.807, 2.05) is 0 Å². The van der Waals surface area contributed by atoms with Crippen LogP contribution in [0.25, 0.3) is 0 Å². The highest BCUT2D eigenvalue weighted by atomic mass is 32.1. The number of ether oxygens (including phenoxy) is 1. The van der Waals surface area contributed by atoms with Gasteiger partial charge in [0.15, 0.2) is 5.11 Å². The lowest BCUT2D eigenvalue weighted by molar-refractivity contribution is 0.158. The molecule has 4 nitrogen and oxygen atoms in total. The van der Waals surface area contributed by atoms with Crippen LogP contribution in [0.1, 0.15) is 12.8 Å².